The Labute approximate surface area is 172 Å². The van der Waals surface area contributed by atoms with Crippen LogP contribution in [0.1, 0.15) is 32.4 Å². The van der Waals surface area contributed by atoms with Gasteiger partial charge < -0.3 is 15.0 Å². The van der Waals surface area contributed by atoms with Crippen LogP contribution in [0.3, 0.4) is 0 Å². The zero-order chi connectivity index (χ0) is 20.8. The summed E-state index contributed by atoms with van der Waals surface area (Å²) >= 11 is 0. The highest BCUT2D eigenvalue weighted by molar-refractivity contribution is 5.74. The second-order valence-corrected chi connectivity index (χ2v) is 8.05. The third-order valence-corrected chi connectivity index (χ3v) is 5.29. The first kappa shape index (κ1) is 21.3. The molecule has 3 rings (SSSR count). The minimum Gasteiger partial charge on any atom is -0.374 e. The van der Waals surface area contributed by atoms with E-state index >= 15 is 0 Å². The molecule has 1 fully saturated rings. The van der Waals surface area contributed by atoms with Crippen LogP contribution in [-0.4, -0.2) is 76.5 Å². The average molecular weight is 401 g/mol. The molecule has 2 unspecified atom stereocenters. The van der Waals surface area contributed by atoms with Crippen molar-refractivity contribution in [2.24, 2.45) is 5.92 Å². The molecule has 8 heteroatoms. The second kappa shape index (κ2) is 9.84. The molecule has 1 N–H and O–H groups in total. The lowest BCUT2D eigenvalue weighted by atomic mass is 10.1. The highest BCUT2D eigenvalue weighted by atomic mass is 16.5. The monoisotopic (exact) mass is 400 g/mol. The standard InChI is InChI=1S/C21H32N6O2/c1-16(2)12-26-9-10-29-20(13-26)11-23-21(28)25(4)17(3)18-5-7-19(8-6-18)27-15-22-14-24-27/h5-8,14-17,20H,9-13H2,1-4H3,(H,23,28). The van der Waals surface area contributed by atoms with E-state index in [1.807, 2.05) is 38.2 Å². The summed E-state index contributed by atoms with van der Waals surface area (Å²) in [6.45, 7) is 10.6. The molecule has 158 valence electrons. The van der Waals surface area contributed by atoms with Crippen molar-refractivity contribution < 1.29 is 9.53 Å². The van der Waals surface area contributed by atoms with Crippen LogP contribution in [-0.2, 0) is 4.74 Å². The quantitative estimate of drug-likeness (QED) is 0.772. The van der Waals surface area contributed by atoms with Crippen LogP contribution in [0.5, 0.6) is 0 Å². The first-order valence-corrected chi connectivity index (χ1v) is 10.2. The maximum absolute atomic E-state index is 12.6. The summed E-state index contributed by atoms with van der Waals surface area (Å²) < 4.78 is 7.53. The summed E-state index contributed by atoms with van der Waals surface area (Å²) in [5.74, 6) is 0.631. The largest absolute Gasteiger partial charge is 0.374 e. The van der Waals surface area contributed by atoms with Crippen molar-refractivity contribution in [2.75, 3.05) is 39.8 Å². The summed E-state index contributed by atoms with van der Waals surface area (Å²) in [6, 6.07) is 7.84. The van der Waals surface area contributed by atoms with Gasteiger partial charge in [-0.25, -0.2) is 14.5 Å². The molecule has 2 aromatic rings. The molecule has 1 aliphatic heterocycles. The van der Waals surface area contributed by atoms with Crippen LogP contribution in [0.25, 0.3) is 5.69 Å². The van der Waals surface area contributed by atoms with Crippen LogP contribution in [0, 0.1) is 5.92 Å². The summed E-state index contributed by atoms with van der Waals surface area (Å²) in [5.41, 5.74) is 1.99. The second-order valence-electron chi connectivity index (χ2n) is 8.05. The predicted octanol–water partition coefficient (Wildman–Crippen LogP) is 2.33. The maximum Gasteiger partial charge on any atom is 0.317 e. The Kier molecular flexibility index (Phi) is 7.22. The molecule has 29 heavy (non-hydrogen) atoms. The Morgan fingerprint density at radius 3 is 2.72 bits per heavy atom. The van der Waals surface area contributed by atoms with Crippen molar-refractivity contribution in [3.8, 4) is 5.69 Å². The van der Waals surface area contributed by atoms with Crippen molar-refractivity contribution in [1.29, 1.82) is 0 Å². The van der Waals surface area contributed by atoms with Gasteiger partial charge in [0.05, 0.1) is 24.4 Å². The van der Waals surface area contributed by atoms with E-state index in [1.165, 1.54) is 6.33 Å². The highest BCUT2D eigenvalue weighted by Gasteiger charge is 2.23. The van der Waals surface area contributed by atoms with E-state index in [-0.39, 0.29) is 18.2 Å². The number of amides is 2. The van der Waals surface area contributed by atoms with Gasteiger partial charge in [0.25, 0.3) is 0 Å². The first-order valence-electron chi connectivity index (χ1n) is 10.2. The number of urea groups is 1. The predicted molar refractivity (Wildman–Crippen MR) is 112 cm³/mol. The number of carbonyl (C=O) groups is 1. The van der Waals surface area contributed by atoms with Crippen molar-refractivity contribution in [3.63, 3.8) is 0 Å². The van der Waals surface area contributed by atoms with Gasteiger partial charge in [0, 0.05) is 33.2 Å². The molecule has 0 bridgehead atoms. The van der Waals surface area contributed by atoms with Crippen LogP contribution < -0.4 is 5.32 Å². The number of hydrogen-bond donors (Lipinski definition) is 1. The van der Waals surface area contributed by atoms with Gasteiger partial charge in [0.1, 0.15) is 12.7 Å². The number of aromatic nitrogens is 3. The van der Waals surface area contributed by atoms with Crippen molar-refractivity contribution in [1.82, 2.24) is 29.9 Å². The lowest BCUT2D eigenvalue weighted by molar-refractivity contribution is -0.0294. The highest BCUT2D eigenvalue weighted by Crippen LogP contribution is 2.20. The Morgan fingerprint density at radius 1 is 1.31 bits per heavy atom. The number of carbonyl (C=O) groups excluding carboxylic acids is 1. The number of rotatable bonds is 7. The van der Waals surface area contributed by atoms with E-state index < -0.39 is 0 Å². The minimum absolute atomic E-state index is 0.0390. The molecule has 1 aromatic carbocycles. The van der Waals surface area contributed by atoms with E-state index in [0.717, 1.165) is 37.5 Å². The van der Waals surface area contributed by atoms with Gasteiger partial charge in [-0.3, -0.25) is 4.90 Å². The molecule has 2 amide bonds. The first-order chi connectivity index (χ1) is 13.9. The van der Waals surface area contributed by atoms with Crippen molar-refractivity contribution in [2.45, 2.75) is 32.9 Å². The zero-order valence-corrected chi connectivity index (χ0v) is 17.8. The molecule has 0 spiro atoms. The molecule has 2 atom stereocenters. The van der Waals surface area contributed by atoms with E-state index in [4.69, 9.17) is 4.74 Å². The van der Waals surface area contributed by atoms with Crippen molar-refractivity contribution in [3.05, 3.63) is 42.5 Å². The molecule has 1 aromatic heterocycles. The Hall–Kier alpha value is -2.45. The van der Waals surface area contributed by atoms with Gasteiger partial charge in [-0.05, 0) is 30.5 Å². The number of morpholine rings is 1. The van der Waals surface area contributed by atoms with Crippen LogP contribution >= 0.6 is 0 Å². The third-order valence-electron chi connectivity index (χ3n) is 5.29. The van der Waals surface area contributed by atoms with Crippen LogP contribution in [0.2, 0.25) is 0 Å². The summed E-state index contributed by atoms with van der Waals surface area (Å²) in [4.78, 5) is 20.7. The number of hydrogen-bond acceptors (Lipinski definition) is 5. The van der Waals surface area contributed by atoms with Gasteiger partial charge in [0.2, 0.25) is 0 Å². The fourth-order valence-electron chi connectivity index (χ4n) is 3.56. The fourth-order valence-corrected chi connectivity index (χ4v) is 3.56. The zero-order valence-electron chi connectivity index (χ0n) is 17.8. The van der Waals surface area contributed by atoms with Gasteiger partial charge in [-0.1, -0.05) is 26.0 Å². The topological polar surface area (TPSA) is 75.5 Å². The fraction of sp³-hybridized carbons (Fsp3) is 0.571. The molecule has 0 aliphatic carbocycles. The summed E-state index contributed by atoms with van der Waals surface area (Å²) in [7, 11) is 1.82. The van der Waals surface area contributed by atoms with Crippen LogP contribution in [0.4, 0.5) is 4.79 Å². The van der Waals surface area contributed by atoms with Crippen LogP contribution in [0.15, 0.2) is 36.9 Å². The molecule has 8 nitrogen and oxygen atoms in total. The number of ether oxygens (including phenoxy) is 1. The Balaban J connectivity index is 1.50. The minimum atomic E-state index is -0.0950. The molecule has 0 radical (unpaired) electrons. The number of nitrogens with one attached hydrogen (secondary N) is 1. The molecule has 2 heterocycles. The van der Waals surface area contributed by atoms with E-state index in [9.17, 15) is 4.79 Å². The van der Waals surface area contributed by atoms with E-state index in [2.05, 4.69) is 34.1 Å². The van der Waals surface area contributed by atoms with Gasteiger partial charge >= 0.3 is 6.03 Å². The molecule has 0 saturated carbocycles. The van der Waals surface area contributed by atoms with E-state index in [0.29, 0.717) is 12.5 Å². The number of nitrogens with zero attached hydrogens (tertiary/aromatic N) is 5. The van der Waals surface area contributed by atoms with Gasteiger partial charge in [-0.2, -0.15) is 5.10 Å². The molecular weight excluding hydrogens is 368 g/mol. The smallest absolute Gasteiger partial charge is 0.317 e. The Morgan fingerprint density at radius 2 is 2.07 bits per heavy atom. The Bertz CT molecular complexity index is 762. The van der Waals surface area contributed by atoms with E-state index in [1.54, 1.807) is 15.9 Å². The summed E-state index contributed by atoms with van der Waals surface area (Å²) in [6.07, 6.45) is 3.21. The van der Waals surface area contributed by atoms with Gasteiger partial charge in [-0.15, -0.1) is 0 Å². The molecule has 1 saturated heterocycles. The van der Waals surface area contributed by atoms with Crippen molar-refractivity contribution >= 4 is 6.03 Å². The normalized spacial score (nSPS) is 18.6. The summed E-state index contributed by atoms with van der Waals surface area (Å²) in [5, 5.41) is 7.15. The molecular formula is C21H32N6O2. The number of benzene rings is 1. The average Bonchev–Trinajstić information content (AvgIpc) is 3.26. The van der Waals surface area contributed by atoms with Gasteiger partial charge in [0.15, 0.2) is 0 Å². The lowest BCUT2D eigenvalue weighted by Gasteiger charge is -2.34. The SMILES string of the molecule is CC(C)CN1CCOC(CNC(=O)N(C)C(C)c2ccc(-n3cncn3)cc2)C1. The molecule has 1 aliphatic rings. The maximum atomic E-state index is 12.6. The lowest BCUT2D eigenvalue weighted by Crippen LogP contribution is -2.50. The third kappa shape index (κ3) is 5.77.